The van der Waals surface area contributed by atoms with Crippen molar-refractivity contribution in [3.63, 3.8) is 0 Å². The molecule has 8 nitrogen and oxygen atoms in total. The van der Waals surface area contributed by atoms with Gasteiger partial charge in [0.2, 0.25) is 0 Å². The number of hydrogen-bond donors (Lipinski definition) is 2. The van der Waals surface area contributed by atoms with E-state index in [1.807, 2.05) is 31.3 Å². The largest absolute Gasteiger partial charge is 0.507 e. The summed E-state index contributed by atoms with van der Waals surface area (Å²) in [5, 5.41) is 22.1. The summed E-state index contributed by atoms with van der Waals surface area (Å²) in [6, 6.07) is 9.90. The van der Waals surface area contributed by atoms with E-state index in [9.17, 15) is 5.11 Å². The van der Waals surface area contributed by atoms with Crippen LogP contribution in [-0.2, 0) is 9.47 Å². The van der Waals surface area contributed by atoms with Gasteiger partial charge in [-0.1, -0.05) is 12.1 Å². The Hall–Kier alpha value is -2.42. The molecule has 3 aliphatic rings. The zero-order valence-electron chi connectivity index (χ0n) is 18.1. The molecule has 0 radical (unpaired) electrons. The van der Waals surface area contributed by atoms with Crippen molar-refractivity contribution in [2.45, 2.75) is 37.5 Å². The summed E-state index contributed by atoms with van der Waals surface area (Å²) in [5.41, 5.74) is 2.42. The van der Waals surface area contributed by atoms with Crippen molar-refractivity contribution in [1.29, 1.82) is 0 Å². The lowest BCUT2D eigenvalue weighted by atomic mass is 9.88. The van der Waals surface area contributed by atoms with Gasteiger partial charge in [0.15, 0.2) is 11.6 Å². The molecule has 1 aromatic heterocycles. The average molecular weight is 426 g/mol. The van der Waals surface area contributed by atoms with Crippen LogP contribution >= 0.6 is 0 Å². The van der Waals surface area contributed by atoms with Crippen LogP contribution in [-0.4, -0.2) is 78.5 Å². The number of ether oxygens (including phenoxy) is 2. The maximum atomic E-state index is 10.2. The monoisotopic (exact) mass is 425 g/mol. The summed E-state index contributed by atoms with van der Waals surface area (Å²) in [7, 11) is 1.87. The first-order chi connectivity index (χ1) is 15.2. The number of benzene rings is 1. The van der Waals surface area contributed by atoms with E-state index in [4.69, 9.17) is 9.47 Å². The van der Waals surface area contributed by atoms with Gasteiger partial charge < -0.3 is 24.8 Å². The van der Waals surface area contributed by atoms with Gasteiger partial charge in [0, 0.05) is 57.7 Å². The molecular weight excluding hydrogens is 394 g/mol. The number of aromatic hydroxyl groups is 1. The summed E-state index contributed by atoms with van der Waals surface area (Å²) in [5.74, 6) is 0.695. The number of nitrogens with zero attached hydrogens (tertiary/aromatic N) is 4. The predicted octanol–water partition coefficient (Wildman–Crippen LogP) is 2.70. The van der Waals surface area contributed by atoms with Crippen molar-refractivity contribution in [2.24, 2.45) is 0 Å². The van der Waals surface area contributed by atoms with Gasteiger partial charge in [-0.25, -0.2) is 0 Å². The second-order valence-corrected chi connectivity index (χ2v) is 8.59. The van der Waals surface area contributed by atoms with Crippen LogP contribution in [0.15, 0.2) is 30.3 Å². The molecule has 3 fully saturated rings. The Balaban J connectivity index is 1.26. The van der Waals surface area contributed by atoms with Crippen molar-refractivity contribution in [3.8, 4) is 17.0 Å². The number of piperazine rings is 1. The molecule has 31 heavy (non-hydrogen) atoms. The molecule has 8 heteroatoms. The zero-order chi connectivity index (χ0) is 21.3. The maximum Gasteiger partial charge on any atom is 0.172 e. The minimum atomic E-state index is -0.290. The Labute approximate surface area is 183 Å². The first-order valence-electron chi connectivity index (χ1n) is 11.3. The van der Waals surface area contributed by atoms with Crippen LogP contribution in [0.3, 0.4) is 0 Å². The lowest BCUT2D eigenvalue weighted by Gasteiger charge is -2.44. The standard InChI is InChI=1S/C23H31N5O3/c1-24-22-20(16-19(25-26-22)18-4-2-3-5-21(18)29)28-12-10-27(11-13-28)17-6-8-23(9-7-17)30-14-15-31-23/h2-5,16-17,29H,6-15H2,1H3,(H,24,26). The van der Waals surface area contributed by atoms with Gasteiger partial charge in [0.05, 0.1) is 24.6 Å². The van der Waals surface area contributed by atoms with Crippen molar-refractivity contribution in [1.82, 2.24) is 15.1 Å². The van der Waals surface area contributed by atoms with E-state index >= 15 is 0 Å². The molecule has 1 aliphatic carbocycles. The number of nitrogens with one attached hydrogen (secondary N) is 1. The van der Waals surface area contributed by atoms with Crippen molar-refractivity contribution < 1.29 is 14.6 Å². The molecule has 3 heterocycles. The van der Waals surface area contributed by atoms with Gasteiger partial charge in [-0.05, 0) is 31.0 Å². The minimum Gasteiger partial charge on any atom is -0.507 e. The van der Waals surface area contributed by atoms with Crippen LogP contribution in [0, 0.1) is 0 Å². The molecule has 166 valence electrons. The van der Waals surface area contributed by atoms with Crippen LogP contribution in [0.25, 0.3) is 11.3 Å². The first kappa shape index (κ1) is 20.5. The van der Waals surface area contributed by atoms with E-state index in [0.717, 1.165) is 76.6 Å². The highest BCUT2D eigenvalue weighted by molar-refractivity contribution is 5.75. The number of phenolic OH excluding ortho intramolecular Hbond substituents is 1. The smallest absolute Gasteiger partial charge is 0.172 e. The summed E-state index contributed by atoms with van der Waals surface area (Å²) in [6.07, 6.45) is 4.27. The van der Waals surface area contributed by atoms with Crippen LogP contribution in [0.2, 0.25) is 0 Å². The van der Waals surface area contributed by atoms with Crippen LogP contribution in [0.5, 0.6) is 5.75 Å². The SMILES string of the molecule is CNc1nnc(-c2ccccc2O)cc1N1CCN(C2CCC3(CC2)OCCO3)CC1. The van der Waals surface area contributed by atoms with Gasteiger partial charge >= 0.3 is 0 Å². The molecule has 0 bridgehead atoms. The maximum absolute atomic E-state index is 10.2. The fraction of sp³-hybridized carbons (Fsp3) is 0.565. The van der Waals surface area contributed by atoms with E-state index in [-0.39, 0.29) is 11.5 Å². The fourth-order valence-electron chi connectivity index (χ4n) is 5.14. The van der Waals surface area contributed by atoms with E-state index in [1.165, 1.54) is 0 Å². The third-order valence-electron chi connectivity index (χ3n) is 6.89. The third-order valence-corrected chi connectivity index (χ3v) is 6.89. The highest BCUT2D eigenvalue weighted by Gasteiger charge is 2.41. The topological polar surface area (TPSA) is 83.0 Å². The van der Waals surface area contributed by atoms with E-state index in [2.05, 4.69) is 25.3 Å². The zero-order valence-corrected chi connectivity index (χ0v) is 18.1. The molecular formula is C23H31N5O3. The van der Waals surface area contributed by atoms with Gasteiger partial charge in [0.1, 0.15) is 5.75 Å². The Morgan fingerprint density at radius 2 is 1.74 bits per heavy atom. The van der Waals surface area contributed by atoms with Gasteiger partial charge in [-0.3, -0.25) is 4.90 Å². The highest BCUT2D eigenvalue weighted by atomic mass is 16.7. The first-order valence-corrected chi connectivity index (χ1v) is 11.3. The molecule has 2 aromatic rings. The molecule has 0 unspecified atom stereocenters. The minimum absolute atomic E-state index is 0.218. The molecule has 1 spiro atoms. The predicted molar refractivity (Wildman–Crippen MR) is 119 cm³/mol. The lowest BCUT2D eigenvalue weighted by Crippen LogP contribution is -2.52. The Morgan fingerprint density at radius 1 is 1.03 bits per heavy atom. The second-order valence-electron chi connectivity index (χ2n) is 8.59. The molecule has 1 saturated carbocycles. The number of hydrogen-bond acceptors (Lipinski definition) is 8. The second kappa shape index (κ2) is 8.61. The fourth-order valence-corrected chi connectivity index (χ4v) is 5.14. The van der Waals surface area contributed by atoms with E-state index in [0.29, 0.717) is 17.3 Å². The Morgan fingerprint density at radius 3 is 2.42 bits per heavy atom. The van der Waals surface area contributed by atoms with Crippen LogP contribution in [0.4, 0.5) is 11.5 Å². The van der Waals surface area contributed by atoms with Crippen molar-refractivity contribution in [2.75, 3.05) is 56.7 Å². The van der Waals surface area contributed by atoms with Gasteiger partial charge in [-0.2, -0.15) is 0 Å². The number of rotatable bonds is 4. The van der Waals surface area contributed by atoms with Crippen molar-refractivity contribution >= 4 is 11.5 Å². The summed E-state index contributed by atoms with van der Waals surface area (Å²) in [6.45, 7) is 5.40. The van der Waals surface area contributed by atoms with E-state index in [1.54, 1.807) is 6.07 Å². The molecule has 2 aliphatic heterocycles. The van der Waals surface area contributed by atoms with Crippen molar-refractivity contribution in [3.05, 3.63) is 30.3 Å². The Kier molecular flexibility index (Phi) is 5.69. The molecule has 5 rings (SSSR count). The van der Waals surface area contributed by atoms with E-state index < -0.39 is 0 Å². The molecule has 2 N–H and O–H groups in total. The Bertz CT molecular complexity index is 900. The number of phenols is 1. The summed E-state index contributed by atoms with van der Waals surface area (Å²) in [4.78, 5) is 4.99. The molecule has 0 amide bonds. The number of para-hydroxylation sites is 1. The van der Waals surface area contributed by atoms with Crippen LogP contribution < -0.4 is 10.2 Å². The van der Waals surface area contributed by atoms with Crippen LogP contribution in [0.1, 0.15) is 25.7 Å². The highest BCUT2D eigenvalue weighted by Crippen LogP contribution is 2.38. The van der Waals surface area contributed by atoms with Gasteiger partial charge in [-0.15, -0.1) is 10.2 Å². The average Bonchev–Trinajstić information content (AvgIpc) is 3.27. The van der Waals surface area contributed by atoms with Gasteiger partial charge in [0.25, 0.3) is 0 Å². The normalized spacial score (nSPS) is 22.2. The molecule has 0 atom stereocenters. The summed E-state index contributed by atoms with van der Waals surface area (Å²) < 4.78 is 11.8. The molecule has 1 aromatic carbocycles. The quantitative estimate of drug-likeness (QED) is 0.774. The number of aromatic nitrogens is 2. The third kappa shape index (κ3) is 4.07. The number of anilines is 2. The lowest BCUT2D eigenvalue weighted by molar-refractivity contribution is -0.184. The summed E-state index contributed by atoms with van der Waals surface area (Å²) >= 11 is 0. The molecule has 2 saturated heterocycles.